The second-order valence-corrected chi connectivity index (χ2v) is 11.5. The van der Waals surface area contributed by atoms with Crippen LogP contribution in [0.4, 0.5) is 4.39 Å². The third-order valence-electron chi connectivity index (χ3n) is 6.14. The van der Waals surface area contributed by atoms with Gasteiger partial charge in [0.1, 0.15) is 11.9 Å². The highest BCUT2D eigenvalue weighted by Gasteiger charge is 2.31. The van der Waals surface area contributed by atoms with Gasteiger partial charge in [0, 0.05) is 26.1 Å². The molecule has 3 rings (SSSR count). The van der Waals surface area contributed by atoms with Gasteiger partial charge in [-0.25, -0.2) is 17.5 Å². The first-order chi connectivity index (χ1) is 18.6. The predicted octanol–water partition coefficient (Wildman–Crippen LogP) is 4.60. The Balaban J connectivity index is 1.88. The van der Waals surface area contributed by atoms with E-state index in [2.05, 4.69) is 10.0 Å². The van der Waals surface area contributed by atoms with E-state index in [1.54, 1.807) is 31.2 Å². The fraction of sp³-hybridized carbons (Fsp3) is 0.333. The lowest BCUT2D eigenvalue weighted by Crippen LogP contribution is -2.44. The molecule has 208 valence electrons. The van der Waals surface area contributed by atoms with E-state index in [9.17, 15) is 22.4 Å². The van der Waals surface area contributed by atoms with Crippen LogP contribution in [0.5, 0.6) is 0 Å². The summed E-state index contributed by atoms with van der Waals surface area (Å²) in [4.78, 5) is 28.9. The van der Waals surface area contributed by atoms with Crippen molar-refractivity contribution in [3.63, 3.8) is 0 Å². The van der Waals surface area contributed by atoms with Crippen molar-refractivity contribution >= 4 is 21.8 Å². The second kappa shape index (κ2) is 14.0. The van der Waals surface area contributed by atoms with Crippen molar-refractivity contribution in [1.82, 2.24) is 14.9 Å². The van der Waals surface area contributed by atoms with Gasteiger partial charge in [-0.05, 0) is 53.3 Å². The molecule has 0 bridgehead atoms. The largest absolute Gasteiger partial charge is 0.354 e. The summed E-state index contributed by atoms with van der Waals surface area (Å²) in [5.74, 6) is -0.697. The van der Waals surface area contributed by atoms with Gasteiger partial charge in [-0.2, -0.15) is 0 Å². The lowest BCUT2D eigenvalue weighted by molar-refractivity contribution is -0.141. The predicted molar refractivity (Wildman–Crippen MR) is 150 cm³/mol. The molecule has 2 amide bonds. The molecule has 3 aromatic rings. The summed E-state index contributed by atoms with van der Waals surface area (Å²) < 4.78 is 40.5. The van der Waals surface area contributed by atoms with Gasteiger partial charge in [0.2, 0.25) is 21.8 Å². The van der Waals surface area contributed by atoms with Crippen LogP contribution >= 0.6 is 0 Å². The Morgan fingerprint density at radius 3 is 2.10 bits per heavy atom. The molecule has 9 heteroatoms. The average Bonchev–Trinajstić information content (AvgIpc) is 2.92. The van der Waals surface area contributed by atoms with Crippen molar-refractivity contribution in [3.8, 4) is 0 Å². The Morgan fingerprint density at radius 2 is 1.51 bits per heavy atom. The molecule has 0 heterocycles. The quantitative estimate of drug-likeness (QED) is 0.324. The van der Waals surface area contributed by atoms with Crippen molar-refractivity contribution in [2.75, 3.05) is 13.1 Å². The van der Waals surface area contributed by atoms with E-state index >= 15 is 0 Å². The van der Waals surface area contributed by atoms with E-state index in [1.807, 2.05) is 44.2 Å². The highest BCUT2D eigenvalue weighted by Crippen LogP contribution is 2.25. The molecule has 2 N–H and O–H groups in total. The molecule has 0 spiro atoms. The Labute approximate surface area is 230 Å². The van der Waals surface area contributed by atoms with E-state index in [-0.39, 0.29) is 48.0 Å². The molecule has 0 saturated carbocycles. The minimum atomic E-state index is -3.57. The van der Waals surface area contributed by atoms with Crippen molar-refractivity contribution in [1.29, 1.82) is 0 Å². The third kappa shape index (κ3) is 8.73. The molecule has 0 radical (unpaired) electrons. The minimum Gasteiger partial charge on any atom is -0.354 e. The van der Waals surface area contributed by atoms with Crippen LogP contribution in [0.3, 0.4) is 0 Å². The molecule has 0 unspecified atom stereocenters. The number of halogens is 1. The minimum absolute atomic E-state index is 0.0985. The molecule has 0 aliphatic heterocycles. The standard InChI is InChI=1S/C30H36FN3O4S/c1-4-33-39(37,38)27-17-12-23(13-18-27)14-19-28(35)34(21-24-10-15-26(31)16-11-24)29(25-8-6-5-7-9-25)30(36)32-20-22(2)3/h5-13,15-18,22,29,33H,4,14,19-21H2,1-3H3,(H,32,36)/t29-/m0/s1. The SMILES string of the molecule is CCNS(=O)(=O)c1ccc(CCC(=O)N(Cc2ccc(F)cc2)[C@H](C(=O)NCC(C)C)c2ccccc2)cc1. The van der Waals surface area contributed by atoms with E-state index in [1.165, 1.54) is 29.2 Å². The summed E-state index contributed by atoms with van der Waals surface area (Å²) in [5.41, 5.74) is 2.16. The van der Waals surface area contributed by atoms with Crippen LogP contribution in [0.15, 0.2) is 83.8 Å². The third-order valence-corrected chi connectivity index (χ3v) is 7.70. The fourth-order valence-corrected chi connectivity index (χ4v) is 5.16. The van der Waals surface area contributed by atoms with Crippen LogP contribution in [-0.4, -0.2) is 38.2 Å². The Morgan fingerprint density at radius 1 is 0.897 bits per heavy atom. The molecule has 0 saturated heterocycles. The molecule has 7 nitrogen and oxygen atoms in total. The number of sulfonamides is 1. The topological polar surface area (TPSA) is 95.6 Å². The number of hydrogen-bond acceptors (Lipinski definition) is 4. The van der Waals surface area contributed by atoms with Crippen LogP contribution < -0.4 is 10.0 Å². The van der Waals surface area contributed by atoms with E-state index in [4.69, 9.17) is 0 Å². The summed E-state index contributed by atoms with van der Waals surface area (Å²) in [6, 6.07) is 20.5. The Kier molecular flexibility index (Phi) is 10.8. The molecular weight excluding hydrogens is 517 g/mol. The lowest BCUT2D eigenvalue weighted by Gasteiger charge is -2.32. The summed E-state index contributed by atoms with van der Waals surface area (Å²) in [5, 5.41) is 2.96. The first-order valence-electron chi connectivity index (χ1n) is 13.1. The van der Waals surface area contributed by atoms with Gasteiger partial charge < -0.3 is 10.2 Å². The lowest BCUT2D eigenvalue weighted by atomic mass is 10.0. The number of rotatable bonds is 13. The zero-order valence-corrected chi connectivity index (χ0v) is 23.4. The second-order valence-electron chi connectivity index (χ2n) is 9.75. The maximum atomic E-state index is 13.7. The Bertz CT molecular complexity index is 1330. The van der Waals surface area contributed by atoms with Crippen molar-refractivity contribution in [2.24, 2.45) is 5.92 Å². The summed E-state index contributed by atoms with van der Waals surface area (Å²) in [7, 11) is -3.57. The molecule has 39 heavy (non-hydrogen) atoms. The smallest absolute Gasteiger partial charge is 0.247 e. The van der Waals surface area contributed by atoms with Crippen LogP contribution in [0, 0.1) is 11.7 Å². The van der Waals surface area contributed by atoms with Crippen LogP contribution in [0.1, 0.15) is 49.9 Å². The zero-order valence-electron chi connectivity index (χ0n) is 22.6. The number of amides is 2. The van der Waals surface area contributed by atoms with Gasteiger partial charge >= 0.3 is 0 Å². The summed E-state index contributed by atoms with van der Waals surface area (Å²) in [6.07, 6.45) is 0.455. The molecule has 0 aliphatic carbocycles. The molecule has 0 aromatic heterocycles. The maximum Gasteiger partial charge on any atom is 0.247 e. The Hall–Kier alpha value is -3.56. The normalized spacial score (nSPS) is 12.2. The van der Waals surface area contributed by atoms with Crippen LogP contribution in [0.25, 0.3) is 0 Å². The molecule has 0 fully saturated rings. The fourth-order valence-electron chi connectivity index (χ4n) is 4.12. The first kappa shape index (κ1) is 30.0. The number of nitrogens with one attached hydrogen (secondary N) is 2. The van der Waals surface area contributed by atoms with Gasteiger partial charge in [0.05, 0.1) is 4.90 Å². The molecular formula is C30H36FN3O4S. The van der Waals surface area contributed by atoms with E-state index < -0.39 is 16.1 Å². The molecule has 1 atom stereocenters. The van der Waals surface area contributed by atoms with E-state index in [0.717, 1.165) is 5.56 Å². The van der Waals surface area contributed by atoms with Crippen molar-refractivity contribution in [3.05, 3.63) is 101 Å². The van der Waals surface area contributed by atoms with Crippen LogP contribution in [-0.2, 0) is 32.6 Å². The van der Waals surface area contributed by atoms with Gasteiger partial charge in [-0.3, -0.25) is 9.59 Å². The monoisotopic (exact) mass is 553 g/mol. The van der Waals surface area contributed by atoms with Crippen LogP contribution in [0.2, 0.25) is 0 Å². The number of carbonyl (C=O) groups excluding carboxylic acids is 2. The molecule has 3 aromatic carbocycles. The number of benzene rings is 3. The molecule has 0 aliphatic rings. The van der Waals surface area contributed by atoms with Crippen molar-refractivity contribution < 1.29 is 22.4 Å². The zero-order chi connectivity index (χ0) is 28.4. The average molecular weight is 554 g/mol. The number of carbonyl (C=O) groups is 2. The van der Waals surface area contributed by atoms with Gasteiger partial charge in [-0.1, -0.05) is 75.4 Å². The van der Waals surface area contributed by atoms with Crippen molar-refractivity contribution in [2.45, 2.75) is 51.1 Å². The maximum absolute atomic E-state index is 13.7. The summed E-state index contributed by atoms with van der Waals surface area (Å²) in [6.45, 7) is 6.56. The highest BCUT2D eigenvalue weighted by molar-refractivity contribution is 7.89. The van der Waals surface area contributed by atoms with E-state index in [0.29, 0.717) is 24.1 Å². The van der Waals surface area contributed by atoms with Gasteiger partial charge in [0.15, 0.2) is 0 Å². The number of aryl methyl sites for hydroxylation is 1. The summed E-state index contributed by atoms with van der Waals surface area (Å²) >= 11 is 0. The van der Waals surface area contributed by atoms with Gasteiger partial charge in [-0.15, -0.1) is 0 Å². The highest BCUT2D eigenvalue weighted by atomic mass is 32.2. The number of hydrogen-bond donors (Lipinski definition) is 2. The number of nitrogens with zero attached hydrogens (tertiary/aromatic N) is 1. The first-order valence-corrected chi connectivity index (χ1v) is 14.5. The van der Waals surface area contributed by atoms with Gasteiger partial charge in [0.25, 0.3) is 0 Å².